The number of hydrogen-bond acceptors (Lipinski definition) is 4. The summed E-state index contributed by atoms with van der Waals surface area (Å²) in [6, 6.07) is 14.2. The van der Waals surface area contributed by atoms with E-state index in [-0.39, 0.29) is 17.5 Å². The van der Waals surface area contributed by atoms with Gasteiger partial charge in [-0.1, -0.05) is 61.2 Å². The molecule has 0 spiro atoms. The summed E-state index contributed by atoms with van der Waals surface area (Å²) in [6.45, 7) is 2.16. The minimum atomic E-state index is -0.634. The Morgan fingerprint density at radius 1 is 0.923 bits per heavy atom. The molecule has 26 heavy (non-hydrogen) atoms. The first-order valence-electron chi connectivity index (χ1n) is 8.86. The van der Waals surface area contributed by atoms with Gasteiger partial charge in [0.2, 0.25) is 0 Å². The van der Waals surface area contributed by atoms with Crippen molar-refractivity contribution in [3.05, 3.63) is 70.8 Å². The van der Waals surface area contributed by atoms with Gasteiger partial charge in [0.15, 0.2) is 0 Å². The Morgan fingerprint density at radius 3 is 2.23 bits per heavy atom. The highest BCUT2D eigenvalue weighted by Gasteiger charge is 2.38. The van der Waals surface area contributed by atoms with E-state index in [2.05, 4.69) is 6.92 Å². The van der Waals surface area contributed by atoms with Gasteiger partial charge in [-0.2, -0.15) is 0 Å². The highest BCUT2D eigenvalue weighted by atomic mass is 16.7. The normalized spacial score (nSPS) is 13.0. The SMILES string of the molecule is CCCCCc1cccc(CC(=O)ON2C(=O)c3ccccc3C2=O)c1. The Labute approximate surface area is 152 Å². The lowest BCUT2D eigenvalue weighted by molar-refractivity contribution is -0.167. The zero-order valence-corrected chi connectivity index (χ0v) is 14.7. The molecule has 0 saturated carbocycles. The van der Waals surface area contributed by atoms with Crippen molar-refractivity contribution in [3.63, 3.8) is 0 Å². The number of benzene rings is 2. The Hall–Kier alpha value is -2.95. The summed E-state index contributed by atoms with van der Waals surface area (Å²) in [5.41, 5.74) is 2.48. The predicted molar refractivity (Wildman–Crippen MR) is 96.4 cm³/mol. The molecule has 0 aliphatic carbocycles. The van der Waals surface area contributed by atoms with E-state index in [0.29, 0.717) is 5.06 Å². The van der Waals surface area contributed by atoms with E-state index in [1.165, 1.54) is 12.0 Å². The van der Waals surface area contributed by atoms with E-state index >= 15 is 0 Å². The number of amides is 2. The molecule has 0 atom stereocenters. The third kappa shape index (κ3) is 3.82. The van der Waals surface area contributed by atoms with Crippen LogP contribution in [0.1, 0.15) is 58.0 Å². The van der Waals surface area contributed by atoms with E-state index in [9.17, 15) is 14.4 Å². The van der Waals surface area contributed by atoms with Crippen LogP contribution in [-0.2, 0) is 22.5 Å². The molecule has 0 unspecified atom stereocenters. The summed E-state index contributed by atoms with van der Waals surface area (Å²) in [4.78, 5) is 41.7. The fraction of sp³-hybridized carbons (Fsp3) is 0.286. The van der Waals surface area contributed by atoms with Gasteiger partial charge in [0.1, 0.15) is 0 Å². The van der Waals surface area contributed by atoms with Crippen molar-refractivity contribution in [2.45, 2.75) is 39.0 Å². The van der Waals surface area contributed by atoms with Crippen LogP contribution in [0.2, 0.25) is 0 Å². The summed E-state index contributed by atoms with van der Waals surface area (Å²) in [6.07, 6.45) is 4.42. The van der Waals surface area contributed by atoms with Crippen LogP contribution in [0.25, 0.3) is 0 Å². The Morgan fingerprint density at radius 2 is 1.58 bits per heavy atom. The van der Waals surface area contributed by atoms with Gasteiger partial charge in [0, 0.05) is 0 Å². The summed E-state index contributed by atoms with van der Waals surface area (Å²) in [5, 5.41) is 0.554. The molecule has 5 nitrogen and oxygen atoms in total. The first-order valence-corrected chi connectivity index (χ1v) is 8.86. The monoisotopic (exact) mass is 351 g/mol. The lowest BCUT2D eigenvalue weighted by Crippen LogP contribution is -2.33. The van der Waals surface area contributed by atoms with Gasteiger partial charge in [-0.3, -0.25) is 9.59 Å². The number of unbranched alkanes of at least 4 members (excludes halogenated alkanes) is 2. The maximum absolute atomic E-state index is 12.2. The second kappa shape index (κ2) is 7.95. The average molecular weight is 351 g/mol. The molecule has 1 aliphatic rings. The van der Waals surface area contributed by atoms with E-state index in [1.54, 1.807) is 24.3 Å². The Balaban J connectivity index is 1.62. The van der Waals surface area contributed by atoms with Crippen LogP contribution in [0, 0.1) is 0 Å². The number of fused-ring (bicyclic) bond motifs is 1. The largest absolute Gasteiger partial charge is 0.337 e. The van der Waals surface area contributed by atoms with Crippen LogP contribution in [-0.4, -0.2) is 22.8 Å². The van der Waals surface area contributed by atoms with Crippen LogP contribution >= 0.6 is 0 Å². The summed E-state index contributed by atoms with van der Waals surface area (Å²) in [7, 11) is 0. The maximum Gasteiger partial charge on any atom is 0.337 e. The molecular weight excluding hydrogens is 330 g/mol. The number of rotatable bonds is 7. The molecule has 0 aromatic heterocycles. The number of aryl methyl sites for hydroxylation is 1. The molecule has 134 valence electrons. The first kappa shape index (κ1) is 17.9. The van der Waals surface area contributed by atoms with Crippen molar-refractivity contribution in [1.29, 1.82) is 0 Å². The fourth-order valence-electron chi connectivity index (χ4n) is 3.03. The fourth-order valence-corrected chi connectivity index (χ4v) is 3.03. The van der Waals surface area contributed by atoms with Gasteiger partial charge in [-0.05, 0) is 36.1 Å². The van der Waals surface area contributed by atoms with Crippen molar-refractivity contribution in [1.82, 2.24) is 5.06 Å². The Kier molecular flexibility index (Phi) is 5.46. The zero-order valence-electron chi connectivity index (χ0n) is 14.7. The standard InChI is InChI=1S/C21H21NO4/c1-2-3-4-8-15-9-7-10-16(13-15)14-19(23)26-22-20(24)17-11-5-6-12-18(17)21(22)25/h5-7,9-13H,2-4,8,14H2,1H3. The molecular formula is C21H21NO4. The molecule has 1 aliphatic heterocycles. The van der Waals surface area contributed by atoms with Gasteiger partial charge in [-0.15, -0.1) is 0 Å². The molecule has 5 heteroatoms. The van der Waals surface area contributed by atoms with Crippen LogP contribution in [0.15, 0.2) is 48.5 Å². The summed E-state index contributed by atoms with van der Waals surface area (Å²) in [5.74, 6) is -1.84. The van der Waals surface area contributed by atoms with E-state index < -0.39 is 17.8 Å². The van der Waals surface area contributed by atoms with Crippen LogP contribution in [0.4, 0.5) is 0 Å². The third-order valence-corrected chi connectivity index (χ3v) is 4.36. The summed E-state index contributed by atoms with van der Waals surface area (Å²) >= 11 is 0. The second-order valence-electron chi connectivity index (χ2n) is 6.37. The van der Waals surface area contributed by atoms with Gasteiger partial charge in [-0.25, -0.2) is 4.79 Å². The van der Waals surface area contributed by atoms with E-state index in [1.807, 2.05) is 24.3 Å². The van der Waals surface area contributed by atoms with E-state index in [0.717, 1.165) is 24.8 Å². The highest BCUT2D eigenvalue weighted by Crippen LogP contribution is 2.23. The number of nitrogens with zero attached hydrogens (tertiary/aromatic N) is 1. The lowest BCUT2D eigenvalue weighted by atomic mass is 10.0. The van der Waals surface area contributed by atoms with Crippen LogP contribution in [0.3, 0.4) is 0 Å². The minimum absolute atomic E-state index is 0.00895. The van der Waals surface area contributed by atoms with Crippen LogP contribution < -0.4 is 0 Å². The number of carbonyl (C=O) groups excluding carboxylic acids is 3. The average Bonchev–Trinajstić information content (AvgIpc) is 2.88. The molecule has 0 fully saturated rings. The molecule has 0 N–H and O–H groups in total. The van der Waals surface area contributed by atoms with Crippen molar-refractivity contribution >= 4 is 17.8 Å². The van der Waals surface area contributed by atoms with Crippen molar-refractivity contribution in [2.24, 2.45) is 0 Å². The molecule has 0 radical (unpaired) electrons. The van der Waals surface area contributed by atoms with E-state index in [4.69, 9.17) is 4.84 Å². The number of carbonyl (C=O) groups is 3. The van der Waals surface area contributed by atoms with Gasteiger partial charge in [0.25, 0.3) is 11.8 Å². The molecule has 1 heterocycles. The minimum Gasteiger partial charge on any atom is -0.329 e. The smallest absolute Gasteiger partial charge is 0.329 e. The number of hydrogen-bond donors (Lipinski definition) is 0. The highest BCUT2D eigenvalue weighted by molar-refractivity contribution is 6.20. The Bertz CT molecular complexity index is 808. The molecule has 0 bridgehead atoms. The van der Waals surface area contributed by atoms with Gasteiger partial charge in [0.05, 0.1) is 17.5 Å². The second-order valence-corrected chi connectivity index (χ2v) is 6.37. The topological polar surface area (TPSA) is 63.7 Å². The molecule has 2 amide bonds. The quantitative estimate of drug-likeness (QED) is 0.563. The molecule has 2 aromatic carbocycles. The van der Waals surface area contributed by atoms with Crippen molar-refractivity contribution in [3.8, 4) is 0 Å². The van der Waals surface area contributed by atoms with Crippen molar-refractivity contribution in [2.75, 3.05) is 0 Å². The maximum atomic E-state index is 12.2. The van der Waals surface area contributed by atoms with Crippen LogP contribution in [0.5, 0.6) is 0 Å². The van der Waals surface area contributed by atoms with Gasteiger partial charge >= 0.3 is 5.97 Å². The first-order chi connectivity index (χ1) is 12.6. The summed E-state index contributed by atoms with van der Waals surface area (Å²) < 4.78 is 0. The van der Waals surface area contributed by atoms with Gasteiger partial charge < -0.3 is 4.84 Å². The molecule has 0 saturated heterocycles. The number of hydroxylamine groups is 2. The molecule has 2 aromatic rings. The lowest BCUT2D eigenvalue weighted by Gasteiger charge is -2.13. The number of imide groups is 1. The van der Waals surface area contributed by atoms with Crippen molar-refractivity contribution < 1.29 is 19.2 Å². The third-order valence-electron chi connectivity index (χ3n) is 4.36. The molecule has 3 rings (SSSR count). The zero-order chi connectivity index (χ0) is 18.5. The predicted octanol–water partition coefficient (Wildman–Crippen LogP) is 3.72.